The quantitative estimate of drug-likeness (QED) is 0.723. The molecule has 8 nitrogen and oxygen atoms in total. The highest BCUT2D eigenvalue weighted by atomic mass is 32.1. The molecule has 1 N–H and O–H groups in total. The molecule has 0 saturated carbocycles. The molecule has 0 radical (unpaired) electrons. The van der Waals surface area contributed by atoms with Crippen LogP contribution in [0.15, 0.2) is 18.0 Å². The highest BCUT2D eigenvalue weighted by Gasteiger charge is 2.21. The predicted octanol–water partition coefficient (Wildman–Crippen LogP) is 2.44. The van der Waals surface area contributed by atoms with Crippen molar-refractivity contribution in [3.63, 3.8) is 0 Å². The molecule has 2 rings (SSSR count). The molecule has 0 fully saturated rings. The molecular formula is C17H26N6O2S. The number of aromatic nitrogens is 4. The van der Waals surface area contributed by atoms with Crippen molar-refractivity contribution < 1.29 is 9.59 Å². The Morgan fingerprint density at radius 1 is 1.31 bits per heavy atom. The monoisotopic (exact) mass is 378 g/mol. The van der Waals surface area contributed by atoms with E-state index in [2.05, 4.69) is 34.3 Å². The van der Waals surface area contributed by atoms with Crippen molar-refractivity contribution in [3.05, 3.63) is 28.7 Å². The fourth-order valence-electron chi connectivity index (χ4n) is 2.41. The summed E-state index contributed by atoms with van der Waals surface area (Å²) in [6.07, 6.45) is 4.06. The van der Waals surface area contributed by atoms with Gasteiger partial charge in [0.05, 0.1) is 23.3 Å². The van der Waals surface area contributed by atoms with Gasteiger partial charge in [0, 0.05) is 31.3 Å². The molecule has 0 aliphatic rings. The molecule has 0 aromatic carbocycles. The highest BCUT2D eigenvalue weighted by Crippen LogP contribution is 2.19. The van der Waals surface area contributed by atoms with Crippen molar-refractivity contribution in [1.82, 2.24) is 30.0 Å². The van der Waals surface area contributed by atoms with Crippen molar-refractivity contribution >= 4 is 23.2 Å². The van der Waals surface area contributed by atoms with Crippen LogP contribution in [0.3, 0.4) is 0 Å². The first-order valence-corrected chi connectivity index (χ1v) is 9.59. The molecule has 1 unspecified atom stereocenters. The van der Waals surface area contributed by atoms with E-state index in [0.717, 1.165) is 10.7 Å². The number of hydrogen-bond donors (Lipinski definition) is 1. The van der Waals surface area contributed by atoms with E-state index >= 15 is 0 Å². The average molecular weight is 379 g/mol. The first kappa shape index (κ1) is 20.0. The number of aryl methyl sites for hydroxylation is 1. The third-order valence-corrected chi connectivity index (χ3v) is 5.18. The van der Waals surface area contributed by atoms with E-state index in [1.165, 1.54) is 0 Å². The number of Topliss-reactive ketones (excluding diaryl/α,β-unsaturated/α-hetero) is 1. The van der Waals surface area contributed by atoms with E-state index in [1.807, 2.05) is 5.38 Å². The van der Waals surface area contributed by atoms with Crippen molar-refractivity contribution in [2.75, 3.05) is 7.05 Å². The Hall–Kier alpha value is -2.29. The lowest BCUT2D eigenvalue weighted by molar-refractivity contribution is -0.120. The van der Waals surface area contributed by atoms with Crippen LogP contribution in [0.25, 0.3) is 0 Å². The summed E-state index contributed by atoms with van der Waals surface area (Å²) in [5.74, 6) is 0.382. The first-order chi connectivity index (χ1) is 12.4. The minimum absolute atomic E-state index is 0.00979. The molecule has 0 saturated heterocycles. The number of carbonyl (C=O) groups excluding carboxylic acids is 2. The number of carbonyl (C=O) groups is 2. The van der Waals surface area contributed by atoms with Gasteiger partial charge in [-0.2, -0.15) is 0 Å². The Morgan fingerprint density at radius 2 is 2.00 bits per heavy atom. The maximum Gasteiger partial charge on any atom is 0.318 e. The standard InChI is InChI=1S/C17H26N6O2S/c1-5-15(24)14(6-7-23-10-18-19-11-23)21-17(25)22(4)8-13-9-26-16(20-13)12(2)3/h9-12,14H,5-8H2,1-4H3,(H,21,25). The molecule has 2 heterocycles. The van der Waals surface area contributed by atoms with Gasteiger partial charge >= 0.3 is 6.03 Å². The van der Waals surface area contributed by atoms with Gasteiger partial charge in [-0.3, -0.25) is 4.79 Å². The summed E-state index contributed by atoms with van der Waals surface area (Å²) >= 11 is 1.60. The maximum absolute atomic E-state index is 12.5. The minimum Gasteiger partial charge on any atom is -0.328 e. The summed E-state index contributed by atoms with van der Waals surface area (Å²) in [5, 5.41) is 13.4. The normalized spacial score (nSPS) is 12.2. The third kappa shape index (κ3) is 5.62. The number of rotatable bonds is 9. The Kier molecular flexibility index (Phi) is 7.26. The lowest BCUT2D eigenvalue weighted by atomic mass is 10.1. The van der Waals surface area contributed by atoms with Crippen molar-refractivity contribution in [1.29, 1.82) is 0 Å². The lowest BCUT2D eigenvalue weighted by Crippen LogP contribution is -2.46. The molecule has 2 amide bonds. The van der Waals surface area contributed by atoms with Crippen molar-refractivity contribution in [2.45, 2.75) is 58.7 Å². The fraction of sp³-hybridized carbons (Fsp3) is 0.588. The summed E-state index contributed by atoms with van der Waals surface area (Å²) in [5.41, 5.74) is 0.860. The molecular weight excluding hydrogens is 352 g/mol. The number of nitrogens with one attached hydrogen (secondary N) is 1. The van der Waals surface area contributed by atoms with E-state index in [4.69, 9.17) is 0 Å². The van der Waals surface area contributed by atoms with Gasteiger partial charge < -0.3 is 14.8 Å². The second-order valence-corrected chi connectivity index (χ2v) is 7.39. The van der Waals surface area contributed by atoms with Crippen LogP contribution in [0.4, 0.5) is 4.79 Å². The van der Waals surface area contributed by atoms with Gasteiger partial charge in [-0.1, -0.05) is 20.8 Å². The van der Waals surface area contributed by atoms with Crippen molar-refractivity contribution in [3.8, 4) is 0 Å². The molecule has 0 bridgehead atoms. The number of urea groups is 1. The minimum atomic E-state index is -0.529. The van der Waals surface area contributed by atoms with Gasteiger partial charge in [0.25, 0.3) is 0 Å². The van der Waals surface area contributed by atoms with Crippen LogP contribution in [0.1, 0.15) is 50.2 Å². The van der Waals surface area contributed by atoms with E-state index in [-0.39, 0.29) is 11.8 Å². The predicted molar refractivity (Wildman–Crippen MR) is 99.9 cm³/mol. The maximum atomic E-state index is 12.5. The highest BCUT2D eigenvalue weighted by molar-refractivity contribution is 7.09. The Balaban J connectivity index is 1.92. The van der Waals surface area contributed by atoms with Crippen LogP contribution < -0.4 is 5.32 Å². The summed E-state index contributed by atoms with van der Waals surface area (Å²) in [6, 6.07) is -0.807. The summed E-state index contributed by atoms with van der Waals surface area (Å²) in [4.78, 5) is 30.8. The van der Waals surface area contributed by atoms with Crippen LogP contribution in [-0.2, 0) is 17.9 Å². The zero-order valence-corrected chi connectivity index (χ0v) is 16.5. The number of hydrogen-bond acceptors (Lipinski definition) is 6. The Labute approximate surface area is 157 Å². The molecule has 0 aliphatic heterocycles. The van der Waals surface area contributed by atoms with E-state index in [9.17, 15) is 9.59 Å². The number of ketones is 1. The van der Waals surface area contributed by atoms with Gasteiger partial charge in [-0.05, 0) is 6.42 Å². The van der Waals surface area contributed by atoms with Crippen LogP contribution in [-0.4, -0.2) is 49.6 Å². The molecule has 2 aromatic rings. The smallest absolute Gasteiger partial charge is 0.318 e. The van der Waals surface area contributed by atoms with Gasteiger partial charge in [-0.15, -0.1) is 21.5 Å². The zero-order chi connectivity index (χ0) is 19.1. The molecule has 1 atom stereocenters. The second-order valence-electron chi connectivity index (χ2n) is 6.50. The fourth-order valence-corrected chi connectivity index (χ4v) is 3.24. The van der Waals surface area contributed by atoms with Gasteiger partial charge in [0.15, 0.2) is 5.78 Å². The van der Waals surface area contributed by atoms with Crippen LogP contribution in [0.2, 0.25) is 0 Å². The van der Waals surface area contributed by atoms with Crippen molar-refractivity contribution in [2.24, 2.45) is 0 Å². The topological polar surface area (TPSA) is 93.0 Å². The van der Waals surface area contributed by atoms with E-state index < -0.39 is 6.04 Å². The zero-order valence-electron chi connectivity index (χ0n) is 15.7. The van der Waals surface area contributed by atoms with Gasteiger partial charge in [-0.25, -0.2) is 9.78 Å². The summed E-state index contributed by atoms with van der Waals surface area (Å²) < 4.78 is 1.79. The van der Waals surface area contributed by atoms with Gasteiger partial charge in [0.2, 0.25) is 0 Å². The van der Waals surface area contributed by atoms with Gasteiger partial charge in [0.1, 0.15) is 12.7 Å². The molecule has 0 aliphatic carbocycles. The lowest BCUT2D eigenvalue weighted by Gasteiger charge is -2.22. The van der Waals surface area contributed by atoms with E-state index in [1.54, 1.807) is 47.4 Å². The number of nitrogens with zero attached hydrogens (tertiary/aromatic N) is 5. The molecule has 142 valence electrons. The molecule has 9 heteroatoms. The number of thiazole rings is 1. The first-order valence-electron chi connectivity index (χ1n) is 8.71. The second kappa shape index (κ2) is 9.42. The molecule has 0 spiro atoms. The SMILES string of the molecule is CCC(=O)C(CCn1cnnc1)NC(=O)N(C)Cc1csc(C(C)C)n1. The Bertz CT molecular complexity index is 713. The third-order valence-electron chi connectivity index (χ3n) is 3.99. The summed E-state index contributed by atoms with van der Waals surface area (Å²) in [6.45, 7) is 6.96. The summed E-state index contributed by atoms with van der Waals surface area (Å²) in [7, 11) is 1.71. The van der Waals surface area contributed by atoms with Crippen LogP contribution in [0, 0.1) is 0 Å². The molecule has 2 aromatic heterocycles. The Morgan fingerprint density at radius 3 is 2.58 bits per heavy atom. The van der Waals surface area contributed by atoms with E-state index in [0.29, 0.717) is 31.8 Å². The largest absolute Gasteiger partial charge is 0.328 e. The average Bonchev–Trinajstić information content (AvgIpc) is 3.29. The number of amides is 2. The molecule has 26 heavy (non-hydrogen) atoms. The van der Waals surface area contributed by atoms with Crippen LogP contribution >= 0.6 is 11.3 Å². The van der Waals surface area contributed by atoms with Crippen LogP contribution in [0.5, 0.6) is 0 Å².